The number of nitrogens with one attached hydrogen (secondary N) is 1. The third kappa shape index (κ3) is 0.685. The maximum atomic E-state index is 11.7. The summed E-state index contributed by atoms with van der Waals surface area (Å²) in [6.07, 6.45) is 4.58. The van der Waals surface area contributed by atoms with Gasteiger partial charge in [0.25, 0.3) is 5.56 Å². The van der Waals surface area contributed by atoms with Gasteiger partial charge < -0.3 is 10.8 Å². The molecule has 3 aromatic heterocycles. The van der Waals surface area contributed by atoms with Crippen LogP contribution in [-0.4, -0.2) is 24.0 Å². The summed E-state index contributed by atoms with van der Waals surface area (Å²) in [5.74, 6) is 5.99. The molecule has 3 aromatic rings. The summed E-state index contributed by atoms with van der Waals surface area (Å²) in [5, 5.41) is 0. The topological polar surface area (TPSA) is 94.0 Å². The van der Waals surface area contributed by atoms with Crippen molar-refractivity contribution in [2.45, 2.75) is 0 Å². The molecule has 7 nitrogen and oxygen atoms in total. The van der Waals surface area contributed by atoms with E-state index in [4.69, 9.17) is 5.84 Å². The molecule has 0 spiro atoms. The summed E-state index contributed by atoms with van der Waals surface area (Å²) in [7, 11) is 0. The Morgan fingerprint density at radius 3 is 3.21 bits per heavy atom. The molecule has 0 bridgehead atoms. The number of nitrogens with two attached hydrogens (primary N) is 1. The number of fused-ring (bicyclic) bond motifs is 2. The Balaban J connectivity index is 2.72. The molecule has 7 heteroatoms. The van der Waals surface area contributed by atoms with E-state index < -0.39 is 0 Å². The zero-order chi connectivity index (χ0) is 9.71. The number of aromatic nitrogens is 5. The monoisotopic (exact) mass is 190 g/mol. The maximum Gasteiger partial charge on any atom is 0.287 e. The molecule has 0 amide bonds. The van der Waals surface area contributed by atoms with E-state index in [-0.39, 0.29) is 11.1 Å². The first kappa shape index (κ1) is 7.13. The van der Waals surface area contributed by atoms with Gasteiger partial charge in [-0.2, -0.15) is 4.98 Å². The van der Waals surface area contributed by atoms with E-state index in [1.807, 2.05) is 0 Å². The Morgan fingerprint density at radius 2 is 2.36 bits per heavy atom. The summed E-state index contributed by atoms with van der Waals surface area (Å²) < 4.78 is 2.60. The fraction of sp³-hybridized carbons (Fsp3) is 0. The van der Waals surface area contributed by atoms with Crippen LogP contribution < -0.4 is 11.4 Å². The number of hydrogen-bond acceptors (Lipinski definition) is 4. The molecule has 0 radical (unpaired) electrons. The minimum atomic E-state index is -0.226. The summed E-state index contributed by atoms with van der Waals surface area (Å²) in [6.45, 7) is 0. The normalized spacial score (nSPS) is 11.4. The van der Waals surface area contributed by atoms with Crippen molar-refractivity contribution in [1.29, 1.82) is 0 Å². The average molecular weight is 190 g/mol. The van der Waals surface area contributed by atoms with Crippen LogP contribution in [-0.2, 0) is 0 Å². The number of nitrogens with zero attached hydrogens (tertiary/aromatic N) is 4. The fourth-order valence-corrected chi connectivity index (χ4v) is 1.41. The van der Waals surface area contributed by atoms with Crippen molar-refractivity contribution in [1.82, 2.24) is 24.0 Å². The lowest BCUT2D eigenvalue weighted by atomic mass is 10.5. The lowest BCUT2D eigenvalue weighted by molar-refractivity contribution is 1.01. The molecule has 0 aliphatic heterocycles. The highest BCUT2D eigenvalue weighted by atomic mass is 16.1. The SMILES string of the molecule is Nn1cnc2c(=O)n3cc[nH]c3nc21. The number of aromatic amines is 1. The molecule has 0 aliphatic carbocycles. The Labute approximate surface area is 76.8 Å². The second kappa shape index (κ2) is 2.13. The van der Waals surface area contributed by atoms with Crippen molar-refractivity contribution in [3.05, 3.63) is 29.1 Å². The molecular weight excluding hydrogens is 184 g/mol. The molecular formula is C7H6N6O. The highest BCUT2D eigenvalue weighted by molar-refractivity contribution is 5.71. The number of rotatable bonds is 0. The first-order valence-electron chi connectivity index (χ1n) is 3.95. The van der Waals surface area contributed by atoms with Gasteiger partial charge in [-0.1, -0.05) is 0 Å². The molecule has 3 rings (SSSR count). The van der Waals surface area contributed by atoms with Crippen LogP contribution in [0.3, 0.4) is 0 Å². The number of H-pyrrole nitrogens is 1. The predicted octanol–water partition coefficient (Wildman–Crippen LogP) is -0.914. The predicted molar refractivity (Wildman–Crippen MR) is 49.3 cm³/mol. The smallest absolute Gasteiger partial charge is 0.287 e. The van der Waals surface area contributed by atoms with Crippen LogP contribution in [0, 0.1) is 0 Å². The number of nitrogen functional groups attached to an aromatic ring is 1. The molecule has 3 N–H and O–H groups in total. The minimum Gasteiger partial charge on any atom is -0.336 e. The van der Waals surface area contributed by atoms with Crippen LogP contribution in [0.5, 0.6) is 0 Å². The molecule has 0 aromatic carbocycles. The van der Waals surface area contributed by atoms with Gasteiger partial charge in [0, 0.05) is 12.4 Å². The van der Waals surface area contributed by atoms with Crippen LogP contribution in [0.1, 0.15) is 0 Å². The van der Waals surface area contributed by atoms with Crippen LogP contribution in [0.25, 0.3) is 16.9 Å². The van der Waals surface area contributed by atoms with E-state index in [1.165, 1.54) is 15.4 Å². The van der Waals surface area contributed by atoms with Gasteiger partial charge >= 0.3 is 0 Å². The van der Waals surface area contributed by atoms with E-state index in [9.17, 15) is 4.79 Å². The van der Waals surface area contributed by atoms with E-state index in [2.05, 4.69) is 15.0 Å². The van der Waals surface area contributed by atoms with E-state index in [0.29, 0.717) is 11.4 Å². The van der Waals surface area contributed by atoms with Gasteiger partial charge in [-0.3, -0.25) is 9.20 Å². The molecule has 3 heterocycles. The summed E-state index contributed by atoms with van der Waals surface area (Å²) in [6, 6.07) is 0. The zero-order valence-corrected chi connectivity index (χ0v) is 7.01. The van der Waals surface area contributed by atoms with Crippen molar-refractivity contribution in [3.63, 3.8) is 0 Å². The summed E-state index contributed by atoms with van der Waals surface area (Å²) in [5.41, 5.74) is 0.414. The molecule has 0 aliphatic rings. The quantitative estimate of drug-likeness (QED) is 0.448. The largest absolute Gasteiger partial charge is 0.336 e. The van der Waals surface area contributed by atoms with E-state index in [0.717, 1.165) is 0 Å². The minimum absolute atomic E-state index is 0.226. The molecule has 70 valence electrons. The molecule has 14 heavy (non-hydrogen) atoms. The highest BCUT2D eigenvalue weighted by Crippen LogP contribution is 2.03. The lowest BCUT2D eigenvalue weighted by Crippen LogP contribution is -2.15. The summed E-state index contributed by atoms with van der Waals surface area (Å²) in [4.78, 5) is 22.6. The summed E-state index contributed by atoms with van der Waals surface area (Å²) >= 11 is 0. The van der Waals surface area contributed by atoms with Crippen molar-refractivity contribution in [3.8, 4) is 0 Å². The van der Waals surface area contributed by atoms with Gasteiger partial charge in [-0.05, 0) is 0 Å². The second-order valence-electron chi connectivity index (χ2n) is 2.89. The first-order valence-corrected chi connectivity index (χ1v) is 3.95. The Morgan fingerprint density at radius 1 is 1.50 bits per heavy atom. The van der Waals surface area contributed by atoms with Gasteiger partial charge in [0.2, 0.25) is 5.78 Å². The van der Waals surface area contributed by atoms with Crippen molar-refractivity contribution in [2.75, 3.05) is 5.84 Å². The zero-order valence-electron chi connectivity index (χ0n) is 7.01. The van der Waals surface area contributed by atoms with Crippen LogP contribution in [0.15, 0.2) is 23.5 Å². The Kier molecular flexibility index (Phi) is 1.09. The fourth-order valence-electron chi connectivity index (χ4n) is 1.41. The molecule has 0 fully saturated rings. The van der Waals surface area contributed by atoms with Crippen molar-refractivity contribution in [2.24, 2.45) is 0 Å². The highest BCUT2D eigenvalue weighted by Gasteiger charge is 2.09. The standard InChI is InChI=1S/C7H6N6O/c8-13-3-10-4-5(13)11-7-9-1-2-12(7)6(4)14/h1-3H,8H2,(H,9,11). The molecule has 0 atom stereocenters. The second-order valence-corrected chi connectivity index (χ2v) is 2.89. The Bertz CT molecular complexity index is 674. The number of hydrogen-bond donors (Lipinski definition) is 2. The van der Waals surface area contributed by atoms with Crippen LogP contribution >= 0.6 is 0 Å². The van der Waals surface area contributed by atoms with Gasteiger partial charge in [0.1, 0.15) is 6.33 Å². The molecule has 0 saturated heterocycles. The van der Waals surface area contributed by atoms with Crippen LogP contribution in [0.4, 0.5) is 0 Å². The van der Waals surface area contributed by atoms with E-state index >= 15 is 0 Å². The maximum absolute atomic E-state index is 11.7. The first-order chi connectivity index (χ1) is 6.77. The molecule has 0 unspecified atom stereocenters. The average Bonchev–Trinajstić information content (AvgIpc) is 2.75. The van der Waals surface area contributed by atoms with Gasteiger partial charge in [0.15, 0.2) is 11.2 Å². The van der Waals surface area contributed by atoms with Gasteiger partial charge in [-0.15, -0.1) is 0 Å². The van der Waals surface area contributed by atoms with Crippen molar-refractivity contribution < 1.29 is 0 Å². The number of imidazole rings is 2. The van der Waals surface area contributed by atoms with Crippen molar-refractivity contribution >= 4 is 16.9 Å². The molecule has 0 saturated carbocycles. The third-order valence-corrected chi connectivity index (χ3v) is 2.07. The van der Waals surface area contributed by atoms with E-state index in [1.54, 1.807) is 12.4 Å². The Hall–Kier alpha value is -2.31. The van der Waals surface area contributed by atoms with Gasteiger partial charge in [-0.25, -0.2) is 9.66 Å². The van der Waals surface area contributed by atoms with Gasteiger partial charge in [0.05, 0.1) is 0 Å². The lowest BCUT2D eigenvalue weighted by Gasteiger charge is -1.94. The third-order valence-electron chi connectivity index (χ3n) is 2.07. The van der Waals surface area contributed by atoms with Crippen LogP contribution in [0.2, 0.25) is 0 Å².